The summed E-state index contributed by atoms with van der Waals surface area (Å²) in [5.74, 6) is 0.917. The van der Waals surface area contributed by atoms with E-state index in [0.717, 1.165) is 17.0 Å². The van der Waals surface area contributed by atoms with E-state index in [1.807, 2.05) is 18.2 Å². The van der Waals surface area contributed by atoms with Crippen LogP contribution in [0.4, 0.5) is 5.69 Å². The van der Waals surface area contributed by atoms with Crippen LogP contribution in [0.1, 0.15) is 37.3 Å². The molecule has 2 aromatic rings. The van der Waals surface area contributed by atoms with Gasteiger partial charge in [-0.3, -0.25) is 4.79 Å². The van der Waals surface area contributed by atoms with Gasteiger partial charge in [0.25, 0.3) is 0 Å². The van der Waals surface area contributed by atoms with Crippen LogP contribution < -0.4 is 5.32 Å². The normalized spacial score (nSPS) is 12.0. The van der Waals surface area contributed by atoms with E-state index in [1.54, 1.807) is 11.8 Å². The Morgan fingerprint density at radius 2 is 1.82 bits per heavy atom. The molecule has 2 rings (SSSR count). The maximum Gasteiger partial charge on any atom is 0.234 e. The highest BCUT2D eigenvalue weighted by Gasteiger charge is 2.11. The maximum absolute atomic E-state index is 12.2. The number of para-hydroxylation sites is 1. The summed E-state index contributed by atoms with van der Waals surface area (Å²) in [6, 6.07) is 16.3. The van der Waals surface area contributed by atoms with Gasteiger partial charge in [-0.1, -0.05) is 49.7 Å². The van der Waals surface area contributed by atoms with Crippen molar-refractivity contribution >= 4 is 23.4 Å². The molecule has 22 heavy (non-hydrogen) atoms. The smallest absolute Gasteiger partial charge is 0.234 e. The summed E-state index contributed by atoms with van der Waals surface area (Å²) in [7, 11) is 0. The van der Waals surface area contributed by atoms with Crippen molar-refractivity contribution in [2.24, 2.45) is 0 Å². The zero-order valence-electron chi connectivity index (χ0n) is 13.4. The fraction of sp³-hybridized carbons (Fsp3) is 0.316. The molecule has 0 aliphatic rings. The van der Waals surface area contributed by atoms with Gasteiger partial charge in [0, 0.05) is 10.6 Å². The molecule has 3 heteroatoms. The van der Waals surface area contributed by atoms with Crippen LogP contribution in [0, 0.1) is 6.92 Å². The second kappa shape index (κ2) is 8.04. The number of thioether (sulfide) groups is 1. The highest BCUT2D eigenvalue weighted by atomic mass is 32.2. The first-order valence-corrected chi connectivity index (χ1v) is 8.67. The van der Waals surface area contributed by atoms with Crippen molar-refractivity contribution in [3.05, 3.63) is 59.7 Å². The molecule has 1 atom stereocenters. The molecule has 0 spiro atoms. The summed E-state index contributed by atoms with van der Waals surface area (Å²) in [4.78, 5) is 13.3. The minimum Gasteiger partial charge on any atom is -0.325 e. The lowest BCUT2D eigenvalue weighted by atomic mass is 9.97. The molecule has 0 aromatic heterocycles. The molecule has 0 heterocycles. The van der Waals surface area contributed by atoms with E-state index in [-0.39, 0.29) is 5.91 Å². The number of aryl methyl sites for hydroxylation is 1. The number of hydrogen-bond acceptors (Lipinski definition) is 2. The van der Waals surface area contributed by atoms with E-state index in [9.17, 15) is 4.79 Å². The molecule has 2 aromatic carbocycles. The number of amides is 1. The van der Waals surface area contributed by atoms with Crippen LogP contribution in [-0.4, -0.2) is 11.7 Å². The molecule has 0 aliphatic carbocycles. The number of rotatable bonds is 6. The van der Waals surface area contributed by atoms with Gasteiger partial charge in [-0.05, 0) is 43.0 Å². The van der Waals surface area contributed by atoms with Gasteiger partial charge in [0.1, 0.15) is 0 Å². The molecular weight excluding hydrogens is 290 g/mol. The Bertz CT molecular complexity index is 622. The minimum atomic E-state index is 0.0429. The van der Waals surface area contributed by atoms with E-state index in [0.29, 0.717) is 11.7 Å². The number of hydrogen-bond donors (Lipinski definition) is 1. The molecule has 0 aliphatic heterocycles. The second-order valence-electron chi connectivity index (χ2n) is 5.55. The van der Waals surface area contributed by atoms with Crippen molar-refractivity contribution in [1.29, 1.82) is 0 Å². The molecule has 0 saturated heterocycles. The van der Waals surface area contributed by atoms with Crippen LogP contribution >= 0.6 is 11.8 Å². The number of carbonyl (C=O) groups excluding carboxylic acids is 1. The number of carbonyl (C=O) groups is 1. The molecule has 0 unspecified atom stereocenters. The van der Waals surface area contributed by atoms with Gasteiger partial charge < -0.3 is 5.32 Å². The Balaban J connectivity index is 1.96. The Hall–Kier alpha value is -1.74. The molecule has 0 radical (unpaired) electrons. The monoisotopic (exact) mass is 313 g/mol. The third-order valence-corrected chi connectivity index (χ3v) is 4.78. The van der Waals surface area contributed by atoms with Crippen molar-refractivity contribution in [3.8, 4) is 0 Å². The lowest BCUT2D eigenvalue weighted by molar-refractivity contribution is -0.113. The van der Waals surface area contributed by atoms with Gasteiger partial charge >= 0.3 is 0 Å². The fourth-order valence-electron chi connectivity index (χ4n) is 2.23. The van der Waals surface area contributed by atoms with Gasteiger partial charge in [0.2, 0.25) is 5.91 Å². The molecule has 1 N–H and O–H groups in total. The predicted molar refractivity (Wildman–Crippen MR) is 95.7 cm³/mol. The number of nitrogens with one attached hydrogen (secondary N) is 1. The minimum absolute atomic E-state index is 0.0429. The van der Waals surface area contributed by atoms with Crippen molar-refractivity contribution in [3.63, 3.8) is 0 Å². The van der Waals surface area contributed by atoms with Gasteiger partial charge in [-0.2, -0.15) is 0 Å². The SMILES string of the molecule is CC[C@@H](C)c1ccccc1NC(=O)CSc1ccc(C)cc1. The summed E-state index contributed by atoms with van der Waals surface area (Å²) >= 11 is 1.56. The first-order chi connectivity index (χ1) is 10.6. The first-order valence-electron chi connectivity index (χ1n) is 7.68. The highest BCUT2D eigenvalue weighted by molar-refractivity contribution is 8.00. The van der Waals surface area contributed by atoms with Gasteiger partial charge in [0.15, 0.2) is 0 Å². The van der Waals surface area contributed by atoms with E-state index in [2.05, 4.69) is 56.4 Å². The largest absolute Gasteiger partial charge is 0.325 e. The molecule has 0 fully saturated rings. The molecule has 1 amide bonds. The van der Waals surface area contributed by atoms with Crippen LogP contribution in [0.15, 0.2) is 53.4 Å². The van der Waals surface area contributed by atoms with Crippen molar-refractivity contribution in [2.45, 2.75) is 38.0 Å². The zero-order chi connectivity index (χ0) is 15.9. The standard InChI is InChI=1S/C19H23NOS/c1-4-15(3)17-7-5-6-8-18(17)20-19(21)13-22-16-11-9-14(2)10-12-16/h5-12,15H,4,13H2,1-3H3,(H,20,21)/t15-/m1/s1. The van der Waals surface area contributed by atoms with Gasteiger partial charge in [0.05, 0.1) is 5.75 Å². The van der Waals surface area contributed by atoms with E-state index in [4.69, 9.17) is 0 Å². The Kier molecular flexibility index (Phi) is 6.08. The predicted octanol–water partition coefficient (Wildman–Crippen LogP) is 5.24. The van der Waals surface area contributed by atoms with E-state index >= 15 is 0 Å². The molecule has 116 valence electrons. The molecular formula is C19H23NOS. The summed E-state index contributed by atoms with van der Waals surface area (Å²) in [5, 5.41) is 3.05. The average Bonchev–Trinajstić information content (AvgIpc) is 2.54. The first kappa shape index (κ1) is 16.6. The van der Waals surface area contributed by atoms with E-state index in [1.165, 1.54) is 11.1 Å². The fourth-order valence-corrected chi connectivity index (χ4v) is 2.93. The van der Waals surface area contributed by atoms with Gasteiger partial charge in [-0.15, -0.1) is 11.8 Å². The van der Waals surface area contributed by atoms with Crippen molar-refractivity contribution < 1.29 is 4.79 Å². The lowest BCUT2D eigenvalue weighted by Crippen LogP contribution is -2.15. The molecule has 0 saturated carbocycles. The average molecular weight is 313 g/mol. The third-order valence-electron chi connectivity index (χ3n) is 3.77. The summed E-state index contributed by atoms with van der Waals surface area (Å²) in [6.07, 6.45) is 1.06. The summed E-state index contributed by atoms with van der Waals surface area (Å²) in [5.41, 5.74) is 3.38. The van der Waals surface area contributed by atoms with Gasteiger partial charge in [-0.25, -0.2) is 0 Å². The maximum atomic E-state index is 12.2. The summed E-state index contributed by atoms with van der Waals surface area (Å²) < 4.78 is 0. The van der Waals surface area contributed by atoms with Crippen LogP contribution in [0.3, 0.4) is 0 Å². The molecule has 0 bridgehead atoms. The lowest BCUT2D eigenvalue weighted by Gasteiger charge is -2.15. The number of anilines is 1. The second-order valence-corrected chi connectivity index (χ2v) is 6.60. The topological polar surface area (TPSA) is 29.1 Å². The van der Waals surface area contributed by atoms with Crippen LogP contribution in [-0.2, 0) is 4.79 Å². The van der Waals surface area contributed by atoms with Crippen molar-refractivity contribution in [2.75, 3.05) is 11.1 Å². The van der Waals surface area contributed by atoms with Crippen LogP contribution in [0.25, 0.3) is 0 Å². The quantitative estimate of drug-likeness (QED) is 0.739. The number of benzene rings is 2. The Morgan fingerprint density at radius 3 is 2.50 bits per heavy atom. The third kappa shape index (κ3) is 4.63. The Labute approximate surface area is 137 Å². The van der Waals surface area contributed by atoms with Crippen LogP contribution in [0.2, 0.25) is 0 Å². The molecule has 2 nitrogen and oxygen atoms in total. The highest BCUT2D eigenvalue weighted by Crippen LogP contribution is 2.27. The van der Waals surface area contributed by atoms with Crippen LogP contribution in [0.5, 0.6) is 0 Å². The Morgan fingerprint density at radius 1 is 1.14 bits per heavy atom. The zero-order valence-corrected chi connectivity index (χ0v) is 14.2. The van der Waals surface area contributed by atoms with Crippen molar-refractivity contribution in [1.82, 2.24) is 0 Å². The summed E-state index contributed by atoms with van der Waals surface area (Å²) in [6.45, 7) is 6.41. The van der Waals surface area contributed by atoms with E-state index < -0.39 is 0 Å².